The molecule has 0 fully saturated rings. The molecule has 0 atom stereocenters. The van der Waals surface area contributed by atoms with Gasteiger partial charge in [0.15, 0.2) is 0 Å². The van der Waals surface area contributed by atoms with Crippen molar-refractivity contribution in [2.75, 3.05) is 0 Å². The molecule has 0 radical (unpaired) electrons. The van der Waals surface area contributed by atoms with E-state index in [1.807, 2.05) is 0 Å². The molecule has 15 heavy (non-hydrogen) atoms. The summed E-state index contributed by atoms with van der Waals surface area (Å²) in [5.74, 6) is -6.83. The van der Waals surface area contributed by atoms with Gasteiger partial charge >= 0.3 is 5.97 Å². The quantitative estimate of drug-likeness (QED) is 0.778. The number of halogens is 3. The number of ketones is 1. The summed E-state index contributed by atoms with van der Waals surface area (Å²) in [7, 11) is 0. The fourth-order valence-electron chi connectivity index (χ4n) is 0.977. The van der Waals surface area contributed by atoms with E-state index in [1.54, 1.807) is 0 Å². The molecule has 1 rings (SSSR count). The van der Waals surface area contributed by atoms with Gasteiger partial charge in [-0.2, -0.15) is 0 Å². The van der Waals surface area contributed by atoms with Crippen LogP contribution in [0, 0.1) is 17.5 Å². The third kappa shape index (κ3) is 2.55. The van der Waals surface area contributed by atoms with Crippen molar-refractivity contribution in [3.05, 3.63) is 35.1 Å². The molecule has 0 aromatic heterocycles. The highest BCUT2D eigenvalue weighted by atomic mass is 19.1. The first-order valence-corrected chi connectivity index (χ1v) is 3.81. The van der Waals surface area contributed by atoms with Crippen LogP contribution >= 0.6 is 0 Å². The van der Waals surface area contributed by atoms with Crippen molar-refractivity contribution in [2.45, 2.75) is 6.42 Å². The number of carbonyl (C=O) groups excluding carboxylic acids is 1. The topological polar surface area (TPSA) is 54.4 Å². The van der Waals surface area contributed by atoms with E-state index in [1.165, 1.54) is 0 Å². The van der Waals surface area contributed by atoms with Crippen molar-refractivity contribution < 1.29 is 27.9 Å². The predicted molar refractivity (Wildman–Crippen MR) is 42.7 cm³/mol. The van der Waals surface area contributed by atoms with Crippen molar-refractivity contribution in [1.29, 1.82) is 0 Å². The molecule has 1 N–H and O–H groups in total. The molecule has 3 nitrogen and oxygen atoms in total. The second-order valence-electron chi connectivity index (χ2n) is 2.75. The lowest BCUT2D eigenvalue weighted by Crippen LogP contribution is -2.17. The van der Waals surface area contributed by atoms with Crippen LogP contribution in [0.5, 0.6) is 0 Å². The lowest BCUT2D eigenvalue weighted by molar-refractivity contribution is -0.148. The maximum Gasteiger partial charge on any atom is 0.372 e. The Morgan fingerprint density at radius 3 is 2.00 bits per heavy atom. The SMILES string of the molecule is O=C(O)C(=O)Cc1c(F)cc(F)cc1F. The van der Waals surface area contributed by atoms with Crippen LogP contribution in [-0.4, -0.2) is 16.9 Å². The van der Waals surface area contributed by atoms with Gasteiger partial charge < -0.3 is 5.11 Å². The molecule has 1 aromatic rings. The molecule has 1 aromatic carbocycles. The van der Waals surface area contributed by atoms with E-state index in [-0.39, 0.29) is 0 Å². The molecule has 0 saturated heterocycles. The van der Waals surface area contributed by atoms with Crippen LogP contribution in [0.3, 0.4) is 0 Å². The zero-order valence-corrected chi connectivity index (χ0v) is 7.26. The number of rotatable bonds is 3. The molecule has 0 spiro atoms. The highest BCUT2D eigenvalue weighted by molar-refractivity contribution is 6.33. The maximum absolute atomic E-state index is 12.9. The molecule has 0 aliphatic heterocycles. The largest absolute Gasteiger partial charge is 0.475 e. The van der Waals surface area contributed by atoms with Crippen LogP contribution in [0.15, 0.2) is 12.1 Å². The molecule has 80 valence electrons. The molecular weight excluding hydrogens is 213 g/mol. The summed E-state index contributed by atoms with van der Waals surface area (Å²) in [5, 5.41) is 8.21. The minimum Gasteiger partial charge on any atom is -0.475 e. The predicted octanol–water partition coefficient (Wildman–Crippen LogP) is 1.30. The average molecular weight is 218 g/mol. The van der Waals surface area contributed by atoms with Gasteiger partial charge in [0, 0.05) is 24.1 Å². The van der Waals surface area contributed by atoms with Crippen LogP contribution in [0.2, 0.25) is 0 Å². The van der Waals surface area contributed by atoms with E-state index < -0.39 is 41.2 Å². The van der Waals surface area contributed by atoms with Crippen molar-refractivity contribution in [3.63, 3.8) is 0 Å². The Bertz CT molecular complexity index is 406. The highest BCUT2D eigenvalue weighted by Crippen LogP contribution is 2.15. The van der Waals surface area contributed by atoms with Gasteiger partial charge in [-0.25, -0.2) is 18.0 Å². The van der Waals surface area contributed by atoms with E-state index in [2.05, 4.69) is 0 Å². The molecule has 6 heteroatoms. The normalized spacial score (nSPS) is 10.1. The summed E-state index contributed by atoms with van der Waals surface area (Å²) in [6, 6.07) is 0.765. The van der Waals surface area contributed by atoms with Gasteiger partial charge in [0.1, 0.15) is 17.5 Å². The second kappa shape index (κ2) is 4.12. The number of carbonyl (C=O) groups is 2. The van der Waals surface area contributed by atoms with Crippen LogP contribution in [0.1, 0.15) is 5.56 Å². The molecule has 0 bridgehead atoms. The summed E-state index contributed by atoms with van der Waals surface area (Å²) >= 11 is 0. The molecular formula is C9H5F3O3. The molecule has 0 aliphatic rings. The van der Waals surface area contributed by atoms with Crippen molar-refractivity contribution in [1.82, 2.24) is 0 Å². The van der Waals surface area contributed by atoms with E-state index in [0.29, 0.717) is 12.1 Å². The number of benzene rings is 1. The number of Topliss-reactive ketones (excluding diaryl/α,β-unsaturated/α-hetero) is 1. The first-order valence-electron chi connectivity index (χ1n) is 3.81. The summed E-state index contributed by atoms with van der Waals surface area (Å²) < 4.78 is 38.2. The van der Waals surface area contributed by atoms with Crippen LogP contribution in [-0.2, 0) is 16.0 Å². The van der Waals surface area contributed by atoms with Gasteiger partial charge in [-0.05, 0) is 0 Å². The Morgan fingerprint density at radius 1 is 1.13 bits per heavy atom. The summed E-state index contributed by atoms with van der Waals surface area (Å²) in [4.78, 5) is 20.8. The Balaban J connectivity index is 3.05. The van der Waals surface area contributed by atoms with Gasteiger partial charge in [-0.1, -0.05) is 0 Å². The smallest absolute Gasteiger partial charge is 0.372 e. The van der Waals surface area contributed by atoms with Crippen molar-refractivity contribution in [3.8, 4) is 0 Å². The average Bonchev–Trinajstić information content (AvgIpc) is 2.10. The molecule has 0 unspecified atom stereocenters. The Labute approximate surface area is 82.1 Å². The minimum absolute atomic E-state index is 0.382. The summed E-state index contributed by atoms with van der Waals surface area (Å²) in [6.07, 6.45) is -0.937. The van der Waals surface area contributed by atoms with Crippen LogP contribution < -0.4 is 0 Å². The van der Waals surface area contributed by atoms with E-state index in [9.17, 15) is 22.8 Å². The lowest BCUT2D eigenvalue weighted by atomic mass is 10.1. The van der Waals surface area contributed by atoms with Crippen LogP contribution in [0.4, 0.5) is 13.2 Å². The maximum atomic E-state index is 12.9. The number of aliphatic carboxylic acids is 1. The standard InChI is InChI=1S/C9H5F3O3/c10-4-1-6(11)5(7(12)2-4)3-8(13)9(14)15/h1-2H,3H2,(H,14,15). The van der Waals surface area contributed by atoms with Crippen LogP contribution in [0.25, 0.3) is 0 Å². The zero-order chi connectivity index (χ0) is 11.6. The Hall–Kier alpha value is -1.85. The third-order valence-corrected chi connectivity index (χ3v) is 1.68. The lowest BCUT2D eigenvalue weighted by Gasteiger charge is -2.02. The van der Waals surface area contributed by atoms with Gasteiger partial charge in [0.25, 0.3) is 0 Å². The molecule has 0 heterocycles. The number of hydrogen-bond donors (Lipinski definition) is 1. The fourth-order valence-corrected chi connectivity index (χ4v) is 0.977. The van der Waals surface area contributed by atoms with E-state index >= 15 is 0 Å². The monoisotopic (exact) mass is 218 g/mol. The number of carboxylic acids is 1. The third-order valence-electron chi connectivity index (χ3n) is 1.68. The highest BCUT2D eigenvalue weighted by Gasteiger charge is 2.19. The second-order valence-corrected chi connectivity index (χ2v) is 2.75. The first-order chi connectivity index (χ1) is 6.91. The van der Waals surface area contributed by atoms with E-state index in [4.69, 9.17) is 5.11 Å². The Morgan fingerprint density at radius 2 is 1.60 bits per heavy atom. The zero-order valence-electron chi connectivity index (χ0n) is 7.26. The summed E-state index contributed by atoms with van der Waals surface area (Å²) in [5.41, 5.74) is -0.746. The first kappa shape index (κ1) is 11.2. The number of carboxylic acid groups (broad SMARTS) is 1. The summed E-state index contributed by atoms with van der Waals surface area (Å²) in [6.45, 7) is 0. The van der Waals surface area contributed by atoms with Crippen molar-refractivity contribution >= 4 is 11.8 Å². The number of hydrogen-bond acceptors (Lipinski definition) is 2. The van der Waals surface area contributed by atoms with Gasteiger partial charge in [0.2, 0.25) is 5.78 Å². The van der Waals surface area contributed by atoms with Gasteiger partial charge in [-0.3, -0.25) is 4.79 Å². The van der Waals surface area contributed by atoms with Gasteiger partial charge in [0.05, 0.1) is 0 Å². The van der Waals surface area contributed by atoms with E-state index in [0.717, 1.165) is 0 Å². The fraction of sp³-hybridized carbons (Fsp3) is 0.111. The van der Waals surface area contributed by atoms with Gasteiger partial charge in [-0.15, -0.1) is 0 Å². The minimum atomic E-state index is -1.79. The molecule has 0 amide bonds. The molecule has 0 aliphatic carbocycles. The Kier molecular flexibility index (Phi) is 3.08. The van der Waals surface area contributed by atoms with Crippen molar-refractivity contribution in [2.24, 2.45) is 0 Å². The molecule has 0 saturated carbocycles.